The van der Waals surface area contributed by atoms with Crippen molar-refractivity contribution in [3.8, 4) is 0 Å². The van der Waals surface area contributed by atoms with Crippen LogP contribution in [0.15, 0.2) is 0 Å². The van der Waals surface area contributed by atoms with Gasteiger partial charge in [0.15, 0.2) is 0 Å². The van der Waals surface area contributed by atoms with Crippen LogP contribution in [0.5, 0.6) is 0 Å². The van der Waals surface area contributed by atoms with Gasteiger partial charge in [-0.1, -0.05) is 39.5 Å². The topological polar surface area (TPSA) is 35.5 Å². The monoisotopic (exact) mass is 244 g/mol. The van der Waals surface area contributed by atoms with Crippen molar-refractivity contribution in [1.82, 2.24) is 10.2 Å². The molecule has 0 radical (unpaired) electrons. The Kier molecular flexibility index (Phi) is 10.9. The van der Waals surface area contributed by atoms with Crippen LogP contribution in [0.2, 0.25) is 0 Å². The molecule has 0 aromatic carbocycles. The Balaban J connectivity index is 3.13. The fourth-order valence-electron chi connectivity index (χ4n) is 1.91. The van der Waals surface area contributed by atoms with Crippen molar-refractivity contribution in [2.24, 2.45) is 5.92 Å². The van der Waals surface area contributed by atoms with E-state index in [1.165, 1.54) is 32.1 Å². The summed E-state index contributed by atoms with van der Waals surface area (Å²) >= 11 is 0. The molecule has 0 aliphatic heterocycles. The SMILES string of the molecule is CC(C)CCCCCCNCC(O)CN(C)C. The number of nitrogens with zero attached hydrogens (tertiary/aromatic N) is 1. The Bertz CT molecular complexity index is 160. The van der Waals surface area contributed by atoms with E-state index in [2.05, 4.69) is 19.2 Å². The van der Waals surface area contributed by atoms with Crippen molar-refractivity contribution in [1.29, 1.82) is 0 Å². The Morgan fingerprint density at radius 3 is 2.29 bits per heavy atom. The quantitative estimate of drug-likeness (QED) is 0.546. The molecule has 1 unspecified atom stereocenters. The van der Waals surface area contributed by atoms with Crippen molar-refractivity contribution >= 4 is 0 Å². The second kappa shape index (κ2) is 11.0. The first kappa shape index (κ1) is 16.9. The van der Waals surface area contributed by atoms with Crippen molar-refractivity contribution in [3.63, 3.8) is 0 Å². The average Bonchev–Trinajstić information content (AvgIpc) is 2.20. The molecule has 0 aromatic heterocycles. The van der Waals surface area contributed by atoms with E-state index in [0.29, 0.717) is 6.54 Å². The zero-order valence-electron chi connectivity index (χ0n) is 12.2. The molecule has 0 amide bonds. The molecule has 0 aliphatic carbocycles. The highest BCUT2D eigenvalue weighted by Gasteiger charge is 2.03. The van der Waals surface area contributed by atoms with E-state index in [-0.39, 0.29) is 6.10 Å². The maximum atomic E-state index is 9.62. The van der Waals surface area contributed by atoms with E-state index >= 15 is 0 Å². The van der Waals surface area contributed by atoms with Crippen LogP contribution in [0, 0.1) is 5.92 Å². The molecule has 0 rings (SSSR count). The molecule has 0 heterocycles. The lowest BCUT2D eigenvalue weighted by molar-refractivity contribution is 0.135. The number of hydrogen-bond donors (Lipinski definition) is 2. The average molecular weight is 244 g/mol. The third-order valence-electron chi connectivity index (χ3n) is 2.84. The maximum Gasteiger partial charge on any atom is 0.0791 e. The number of aliphatic hydroxyl groups excluding tert-OH is 1. The molecule has 0 saturated carbocycles. The summed E-state index contributed by atoms with van der Waals surface area (Å²) < 4.78 is 0. The van der Waals surface area contributed by atoms with Crippen LogP contribution in [0.3, 0.4) is 0 Å². The van der Waals surface area contributed by atoms with E-state index in [1.54, 1.807) is 0 Å². The van der Waals surface area contributed by atoms with E-state index in [0.717, 1.165) is 19.0 Å². The zero-order chi connectivity index (χ0) is 13.1. The van der Waals surface area contributed by atoms with Gasteiger partial charge < -0.3 is 15.3 Å². The van der Waals surface area contributed by atoms with E-state index < -0.39 is 0 Å². The summed E-state index contributed by atoms with van der Waals surface area (Å²) in [6, 6.07) is 0. The summed E-state index contributed by atoms with van der Waals surface area (Å²) in [4.78, 5) is 2.01. The van der Waals surface area contributed by atoms with Crippen LogP contribution in [-0.4, -0.2) is 49.8 Å². The summed E-state index contributed by atoms with van der Waals surface area (Å²) in [6.45, 7) is 7.05. The molecule has 0 aromatic rings. The smallest absolute Gasteiger partial charge is 0.0791 e. The van der Waals surface area contributed by atoms with Gasteiger partial charge in [0.25, 0.3) is 0 Å². The highest BCUT2D eigenvalue weighted by molar-refractivity contribution is 4.62. The van der Waals surface area contributed by atoms with Crippen LogP contribution in [0.4, 0.5) is 0 Å². The Morgan fingerprint density at radius 1 is 1.06 bits per heavy atom. The highest BCUT2D eigenvalue weighted by atomic mass is 16.3. The van der Waals surface area contributed by atoms with Crippen molar-refractivity contribution in [3.05, 3.63) is 0 Å². The van der Waals surface area contributed by atoms with Gasteiger partial charge in [-0.15, -0.1) is 0 Å². The summed E-state index contributed by atoms with van der Waals surface area (Å²) in [5, 5.41) is 12.9. The molecule has 0 saturated heterocycles. The molecule has 3 nitrogen and oxygen atoms in total. The lowest BCUT2D eigenvalue weighted by Gasteiger charge is -2.16. The molecular formula is C14H32N2O. The summed E-state index contributed by atoms with van der Waals surface area (Å²) in [5.74, 6) is 0.842. The molecule has 0 aliphatic rings. The molecule has 0 spiro atoms. The molecule has 1 atom stereocenters. The van der Waals surface area contributed by atoms with Gasteiger partial charge in [0.2, 0.25) is 0 Å². The van der Waals surface area contributed by atoms with Gasteiger partial charge in [0.05, 0.1) is 6.10 Å². The molecule has 0 bridgehead atoms. The van der Waals surface area contributed by atoms with Crippen molar-refractivity contribution in [2.45, 2.75) is 52.1 Å². The number of rotatable bonds is 11. The number of nitrogens with one attached hydrogen (secondary N) is 1. The van der Waals surface area contributed by atoms with Gasteiger partial charge >= 0.3 is 0 Å². The maximum absolute atomic E-state index is 9.62. The summed E-state index contributed by atoms with van der Waals surface area (Å²) in [5.41, 5.74) is 0. The van der Waals surface area contributed by atoms with Crippen LogP contribution in [0.25, 0.3) is 0 Å². The van der Waals surface area contributed by atoms with Crippen LogP contribution >= 0.6 is 0 Å². The molecule has 2 N–H and O–H groups in total. The minimum atomic E-state index is -0.244. The minimum Gasteiger partial charge on any atom is -0.390 e. The summed E-state index contributed by atoms with van der Waals surface area (Å²) in [6.07, 6.45) is 6.36. The van der Waals surface area contributed by atoms with Gasteiger partial charge in [-0.2, -0.15) is 0 Å². The Morgan fingerprint density at radius 2 is 1.71 bits per heavy atom. The molecule has 3 heteroatoms. The van der Waals surface area contributed by atoms with Gasteiger partial charge in [-0.3, -0.25) is 0 Å². The zero-order valence-corrected chi connectivity index (χ0v) is 12.2. The molecule has 0 fully saturated rings. The lowest BCUT2D eigenvalue weighted by atomic mass is 10.0. The normalized spacial score (nSPS) is 13.6. The van der Waals surface area contributed by atoms with E-state index in [1.807, 2.05) is 19.0 Å². The number of hydrogen-bond acceptors (Lipinski definition) is 3. The largest absolute Gasteiger partial charge is 0.390 e. The fourth-order valence-corrected chi connectivity index (χ4v) is 1.91. The minimum absolute atomic E-state index is 0.244. The third kappa shape index (κ3) is 13.8. The van der Waals surface area contributed by atoms with E-state index in [4.69, 9.17) is 0 Å². The second-order valence-corrected chi connectivity index (χ2v) is 5.72. The molecule has 104 valence electrons. The van der Waals surface area contributed by atoms with Crippen LogP contribution in [-0.2, 0) is 0 Å². The Labute approximate surface area is 108 Å². The standard InChI is InChI=1S/C14H32N2O/c1-13(2)9-7-5-6-8-10-15-11-14(17)12-16(3)4/h13-15,17H,5-12H2,1-4H3. The number of likely N-dealkylation sites (N-methyl/N-ethyl adjacent to an activating group) is 1. The van der Waals surface area contributed by atoms with Crippen LogP contribution in [0.1, 0.15) is 46.0 Å². The van der Waals surface area contributed by atoms with Crippen molar-refractivity contribution < 1.29 is 5.11 Å². The first-order valence-corrected chi connectivity index (χ1v) is 7.06. The van der Waals surface area contributed by atoms with Gasteiger partial charge in [0, 0.05) is 13.1 Å². The first-order chi connectivity index (χ1) is 8.02. The number of unbranched alkanes of at least 4 members (excludes halogenated alkanes) is 3. The Hall–Kier alpha value is -0.120. The third-order valence-corrected chi connectivity index (χ3v) is 2.84. The second-order valence-electron chi connectivity index (χ2n) is 5.72. The fraction of sp³-hybridized carbons (Fsp3) is 1.00. The predicted octanol–water partition coefficient (Wildman–Crippen LogP) is 2.10. The van der Waals surface area contributed by atoms with Crippen LogP contribution < -0.4 is 5.32 Å². The molecular weight excluding hydrogens is 212 g/mol. The van der Waals surface area contributed by atoms with Gasteiger partial charge in [0.1, 0.15) is 0 Å². The van der Waals surface area contributed by atoms with Gasteiger partial charge in [-0.25, -0.2) is 0 Å². The lowest BCUT2D eigenvalue weighted by Crippen LogP contribution is -2.35. The van der Waals surface area contributed by atoms with E-state index in [9.17, 15) is 5.11 Å². The van der Waals surface area contributed by atoms with Gasteiger partial charge in [-0.05, 0) is 33.0 Å². The summed E-state index contributed by atoms with van der Waals surface area (Å²) in [7, 11) is 3.97. The first-order valence-electron chi connectivity index (χ1n) is 7.06. The predicted molar refractivity (Wildman–Crippen MR) is 75.4 cm³/mol. The number of aliphatic hydroxyl groups is 1. The van der Waals surface area contributed by atoms with Crippen molar-refractivity contribution in [2.75, 3.05) is 33.7 Å². The molecule has 17 heavy (non-hydrogen) atoms. The highest BCUT2D eigenvalue weighted by Crippen LogP contribution is 2.08.